The zero-order chi connectivity index (χ0) is 20.3. The Balaban J connectivity index is 1.70. The second-order valence-electron chi connectivity index (χ2n) is 5.88. The standard InChI is InChI=1S/C16H17F2N7O3/c1-25-6-9(13(24-25)14(19)26)22-15(27)10-7-28-16(23-10)8-2-3-20-12(4-8)21-5-11(17)18/h2-4,6,10-11H,5,7H2,1H3,(H2,19,26)(H,20,21)(H,22,27). The largest absolute Gasteiger partial charge is 0.475 e. The van der Waals surface area contributed by atoms with Crippen LogP contribution >= 0.6 is 0 Å². The lowest BCUT2D eigenvalue weighted by Gasteiger charge is -2.06. The Bertz CT molecular complexity index is 929. The molecule has 0 aliphatic carbocycles. The fraction of sp³-hybridized carbons (Fsp3) is 0.312. The fourth-order valence-electron chi connectivity index (χ4n) is 2.49. The molecule has 0 bridgehead atoms. The average Bonchev–Trinajstić information content (AvgIpc) is 3.27. The van der Waals surface area contributed by atoms with E-state index in [-0.39, 0.29) is 29.7 Å². The number of hydrogen-bond acceptors (Lipinski definition) is 7. The first-order chi connectivity index (χ1) is 13.3. The monoisotopic (exact) mass is 393 g/mol. The average molecular weight is 393 g/mol. The third-order valence-electron chi connectivity index (χ3n) is 3.72. The lowest BCUT2D eigenvalue weighted by Crippen LogP contribution is -2.28. The van der Waals surface area contributed by atoms with E-state index in [1.54, 1.807) is 13.1 Å². The third-order valence-corrected chi connectivity index (χ3v) is 3.72. The van der Waals surface area contributed by atoms with Crippen molar-refractivity contribution in [1.82, 2.24) is 14.8 Å². The molecule has 2 aromatic heterocycles. The normalized spacial score (nSPS) is 15.9. The van der Waals surface area contributed by atoms with Crippen molar-refractivity contribution in [3.8, 4) is 0 Å². The van der Waals surface area contributed by atoms with Gasteiger partial charge in [-0.25, -0.2) is 18.8 Å². The number of nitrogens with zero attached hydrogens (tertiary/aromatic N) is 4. The van der Waals surface area contributed by atoms with Crippen LogP contribution in [0.25, 0.3) is 0 Å². The smallest absolute Gasteiger partial charge is 0.271 e. The highest BCUT2D eigenvalue weighted by molar-refractivity contribution is 6.05. The van der Waals surface area contributed by atoms with Crippen LogP contribution in [0.1, 0.15) is 16.1 Å². The molecule has 1 atom stereocenters. The number of hydrogen-bond donors (Lipinski definition) is 3. The number of primary amides is 1. The van der Waals surface area contributed by atoms with Crippen molar-refractivity contribution in [2.75, 3.05) is 23.8 Å². The Morgan fingerprint density at radius 2 is 2.25 bits per heavy atom. The number of aryl methyl sites for hydroxylation is 1. The van der Waals surface area contributed by atoms with Crippen LogP contribution in [0.15, 0.2) is 29.5 Å². The SMILES string of the molecule is Cn1cc(NC(=O)C2COC(c3ccnc(NCC(F)F)c3)=N2)c(C(N)=O)n1. The maximum Gasteiger partial charge on any atom is 0.271 e. The summed E-state index contributed by atoms with van der Waals surface area (Å²) in [6, 6.07) is 2.22. The fourth-order valence-corrected chi connectivity index (χ4v) is 2.49. The van der Waals surface area contributed by atoms with Crippen LogP contribution in [-0.4, -0.2) is 58.1 Å². The number of amides is 2. The summed E-state index contributed by atoms with van der Waals surface area (Å²) in [6.07, 6.45) is 0.343. The molecule has 3 rings (SSSR count). The van der Waals surface area contributed by atoms with Crippen molar-refractivity contribution in [3.05, 3.63) is 35.8 Å². The molecule has 0 radical (unpaired) electrons. The predicted molar refractivity (Wildman–Crippen MR) is 95.4 cm³/mol. The van der Waals surface area contributed by atoms with Crippen molar-refractivity contribution in [3.63, 3.8) is 0 Å². The molecule has 0 aromatic carbocycles. The van der Waals surface area contributed by atoms with Gasteiger partial charge in [-0.1, -0.05) is 0 Å². The second-order valence-corrected chi connectivity index (χ2v) is 5.88. The number of aliphatic imine (C=N–C) groups is 1. The van der Waals surface area contributed by atoms with Crippen molar-refractivity contribution < 1.29 is 23.1 Å². The third kappa shape index (κ3) is 4.39. The van der Waals surface area contributed by atoms with Gasteiger partial charge in [0.2, 0.25) is 5.90 Å². The molecule has 2 aromatic rings. The van der Waals surface area contributed by atoms with E-state index >= 15 is 0 Å². The molecule has 3 heterocycles. The van der Waals surface area contributed by atoms with E-state index in [2.05, 4.69) is 25.7 Å². The first kappa shape index (κ1) is 19.2. The molecule has 1 aliphatic rings. The number of carbonyl (C=O) groups excluding carboxylic acids is 2. The summed E-state index contributed by atoms with van der Waals surface area (Å²) in [6.45, 7) is -0.558. The molecule has 0 saturated carbocycles. The van der Waals surface area contributed by atoms with E-state index in [9.17, 15) is 18.4 Å². The number of nitrogens with one attached hydrogen (secondary N) is 2. The van der Waals surface area contributed by atoms with Gasteiger partial charge in [-0.2, -0.15) is 5.10 Å². The Hall–Kier alpha value is -3.57. The van der Waals surface area contributed by atoms with Crippen molar-refractivity contribution in [2.24, 2.45) is 17.8 Å². The van der Waals surface area contributed by atoms with E-state index in [1.807, 2.05) is 0 Å². The summed E-state index contributed by atoms with van der Waals surface area (Å²) in [7, 11) is 1.58. The molecule has 10 nitrogen and oxygen atoms in total. The van der Waals surface area contributed by atoms with E-state index in [0.29, 0.717) is 5.56 Å². The van der Waals surface area contributed by atoms with Crippen LogP contribution in [-0.2, 0) is 16.6 Å². The van der Waals surface area contributed by atoms with Gasteiger partial charge in [-0.15, -0.1) is 0 Å². The molecule has 12 heteroatoms. The topological polar surface area (TPSA) is 137 Å². The molecule has 0 fully saturated rings. The number of anilines is 2. The maximum absolute atomic E-state index is 12.4. The number of pyridine rings is 1. The molecule has 28 heavy (non-hydrogen) atoms. The number of ether oxygens (including phenoxy) is 1. The summed E-state index contributed by atoms with van der Waals surface area (Å²) >= 11 is 0. The first-order valence-corrected chi connectivity index (χ1v) is 8.17. The van der Waals surface area contributed by atoms with Crippen molar-refractivity contribution in [1.29, 1.82) is 0 Å². The van der Waals surface area contributed by atoms with E-state index < -0.39 is 30.8 Å². The molecule has 0 saturated heterocycles. The quantitative estimate of drug-likeness (QED) is 0.622. The minimum atomic E-state index is -2.52. The van der Waals surface area contributed by atoms with Gasteiger partial charge >= 0.3 is 0 Å². The zero-order valence-corrected chi connectivity index (χ0v) is 14.7. The van der Waals surface area contributed by atoms with E-state index in [1.165, 1.54) is 23.1 Å². The van der Waals surface area contributed by atoms with Crippen LogP contribution in [0, 0.1) is 0 Å². The van der Waals surface area contributed by atoms with Crippen molar-refractivity contribution in [2.45, 2.75) is 12.5 Å². The molecule has 1 unspecified atom stereocenters. The van der Waals surface area contributed by atoms with Crippen LogP contribution in [0.4, 0.5) is 20.3 Å². The maximum atomic E-state index is 12.4. The highest BCUT2D eigenvalue weighted by Gasteiger charge is 2.28. The summed E-state index contributed by atoms with van der Waals surface area (Å²) < 4.78 is 31.4. The number of carbonyl (C=O) groups is 2. The van der Waals surface area contributed by atoms with Gasteiger partial charge in [0.1, 0.15) is 12.4 Å². The molecule has 0 spiro atoms. The number of alkyl halides is 2. The predicted octanol–water partition coefficient (Wildman–Crippen LogP) is 0.375. The first-order valence-electron chi connectivity index (χ1n) is 8.17. The van der Waals surface area contributed by atoms with Crippen LogP contribution in [0.3, 0.4) is 0 Å². The van der Waals surface area contributed by atoms with Gasteiger partial charge in [-0.05, 0) is 12.1 Å². The Morgan fingerprint density at radius 3 is 2.96 bits per heavy atom. The minimum absolute atomic E-state index is 0.0184. The minimum Gasteiger partial charge on any atom is -0.475 e. The number of aromatic nitrogens is 3. The molecular formula is C16H17F2N7O3. The van der Waals surface area contributed by atoms with Crippen molar-refractivity contribution >= 4 is 29.2 Å². The van der Waals surface area contributed by atoms with Gasteiger partial charge in [0, 0.05) is 25.0 Å². The molecule has 1 aliphatic heterocycles. The zero-order valence-electron chi connectivity index (χ0n) is 14.7. The number of rotatable bonds is 7. The Labute approximate surface area is 157 Å². The Kier molecular flexibility index (Phi) is 5.47. The highest BCUT2D eigenvalue weighted by Crippen LogP contribution is 2.18. The highest BCUT2D eigenvalue weighted by atomic mass is 19.3. The molecule has 2 amide bonds. The Morgan fingerprint density at radius 1 is 1.46 bits per heavy atom. The van der Waals surface area contributed by atoms with Gasteiger partial charge < -0.3 is 21.1 Å². The van der Waals surface area contributed by atoms with E-state index in [4.69, 9.17) is 10.5 Å². The summed E-state index contributed by atoms with van der Waals surface area (Å²) in [5.74, 6) is -0.860. The second kappa shape index (κ2) is 7.98. The van der Waals surface area contributed by atoms with E-state index in [0.717, 1.165) is 0 Å². The lowest BCUT2D eigenvalue weighted by molar-refractivity contribution is -0.117. The van der Waals surface area contributed by atoms with Crippen LogP contribution in [0.5, 0.6) is 0 Å². The van der Waals surface area contributed by atoms with Gasteiger partial charge in [0.05, 0.1) is 12.2 Å². The number of nitrogens with two attached hydrogens (primary N) is 1. The lowest BCUT2D eigenvalue weighted by atomic mass is 10.2. The molecule has 148 valence electrons. The summed E-state index contributed by atoms with van der Waals surface area (Å²) in [5.41, 5.74) is 5.83. The van der Waals surface area contributed by atoms with Crippen LogP contribution < -0.4 is 16.4 Å². The van der Waals surface area contributed by atoms with Gasteiger partial charge in [0.25, 0.3) is 18.2 Å². The molecular weight excluding hydrogens is 376 g/mol. The van der Waals surface area contributed by atoms with Crippen LogP contribution in [0.2, 0.25) is 0 Å². The summed E-state index contributed by atoms with van der Waals surface area (Å²) in [4.78, 5) is 32.0. The number of halogens is 2. The van der Waals surface area contributed by atoms with Gasteiger partial charge in [-0.3, -0.25) is 14.3 Å². The molecule has 4 N–H and O–H groups in total. The van der Waals surface area contributed by atoms with Gasteiger partial charge in [0.15, 0.2) is 11.7 Å². The summed E-state index contributed by atoms with van der Waals surface area (Å²) in [5, 5.41) is 8.93.